The standard InChI is InChI=1S/C3H4NO.Co/c1-2-5-3-4-1;/h1-2H2;/q-1;. The molecule has 1 radical (unpaired) electrons. The Morgan fingerprint density at radius 1 is 1.67 bits per heavy atom. The predicted molar refractivity (Wildman–Crippen MR) is 18.3 cm³/mol. The van der Waals surface area contributed by atoms with Gasteiger partial charge in [-0.2, -0.15) is 0 Å². The van der Waals surface area contributed by atoms with Crippen LogP contribution in [0.2, 0.25) is 0 Å². The monoisotopic (exact) mass is 129 g/mol. The first-order chi connectivity index (χ1) is 2.50. The Bertz CT molecular complexity index is 48.8. The predicted octanol–water partition coefficient (Wildman–Crippen LogP) is -0.0806. The summed E-state index contributed by atoms with van der Waals surface area (Å²) in [6, 6.07) is 0. The van der Waals surface area contributed by atoms with E-state index in [0.29, 0.717) is 0 Å². The topological polar surface area (TPSA) is 21.6 Å². The largest absolute Gasteiger partial charge is 0.674 e. The van der Waals surface area contributed by atoms with Gasteiger partial charge in [-0.25, -0.2) is 6.40 Å². The average molecular weight is 129 g/mol. The van der Waals surface area contributed by atoms with Gasteiger partial charge in [-0.15, -0.1) is 0 Å². The minimum absolute atomic E-state index is 0. The summed E-state index contributed by atoms with van der Waals surface area (Å²) in [6.07, 6.45) is 2.35. The first-order valence-electron chi connectivity index (χ1n) is 1.53. The molecule has 0 aromatic rings. The van der Waals surface area contributed by atoms with E-state index in [0.717, 1.165) is 13.2 Å². The van der Waals surface area contributed by atoms with Crippen molar-refractivity contribution in [1.82, 2.24) is 0 Å². The number of hydrogen-bond donors (Lipinski definition) is 0. The molecule has 0 saturated heterocycles. The van der Waals surface area contributed by atoms with Crippen LogP contribution in [-0.4, -0.2) is 19.6 Å². The molecule has 0 aromatic heterocycles. The van der Waals surface area contributed by atoms with Crippen LogP contribution < -0.4 is 0 Å². The van der Waals surface area contributed by atoms with Gasteiger partial charge in [0.05, 0.1) is 6.61 Å². The van der Waals surface area contributed by atoms with Crippen molar-refractivity contribution in [3.8, 4) is 0 Å². The van der Waals surface area contributed by atoms with E-state index in [9.17, 15) is 0 Å². The zero-order valence-electron chi connectivity index (χ0n) is 3.10. The molecule has 2 nitrogen and oxygen atoms in total. The van der Waals surface area contributed by atoms with Crippen LogP contribution in [0.1, 0.15) is 0 Å². The van der Waals surface area contributed by atoms with Crippen LogP contribution in [0.15, 0.2) is 4.99 Å². The van der Waals surface area contributed by atoms with E-state index >= 15 is 0 Å². The molecule has 0 aliphatic carbocycles. The minimum Gasteiger partial charge on any atom is -0.674 e. The van der Waals surface area contributed by atoms with Gasteiger partial charge >= 0.3 is 0 Å². The maximum absolute atomic E-state index is 4.53. The summed E-state index contributed by atoms with van der Waals surface area (Å²) < 4.78 is 4.53. The minimum atomic E-state index is 0. The van der Waals surface area contributed by atoms with E-state index < -0.39 is 0 Å². The second-order valence-electron chi connectivity index (χ2n) is 0.821. The fraction of sp³-hybridized carbons (Fsp3) is 0.667. The number of hydrogen-bond acceptors (Lipinski definition) is 2. The smallest absolute Gasteiger partial charge is 0.0637 e. The van der Waals surface area contributed by atoms with Gasteiger partial charge in [-0.1, -0.05) is 0 Å². The summed E-state index contributed by atoms with van der Waals surface area (Å²) in [6.45, 7) is 1.51. The van der Waals surface area contributed by atoms with Crippen molar-refractivity contribution in [1.29, 1.82) is 0 Å². The summed E-state index contributed by atoms with van der Waals surface area (Å²) in [7, 11) is 0. The van der Waals surface area contributed by atoms with Crippen LogP contribution in [0, 0.1) is 0 Å². The molecule has 0 fully saturated rings. The van der Waals surface area contributed by atoms with Crippen molar-refractivity contribution in [2.45, 2.75) is 0 Å². The van der Waals surface area contributed by atoms with Gasteiger partial charge in [-0.05, 0) is 0 Å². The average Bonchev–Trinajstić information content (AvgIpc) is 1.76. The molecule has 0 bridgehead atoms. The van der Waals surface area contributed by atoms with Gasteiger partial charge in [0, 0.05) is 23.3 Å². The first-order valence-corrected chi connectivity index (χ1v) is 1.53. The van der Waals surface area contributed by atoms with Crippen molar-refractivity contribution in [3.05, 3.63) is 0 Å². The maximum Gasteiger partial charge on any atom is 0.0637 e. The van der Waals surface area contributed by atoms with Crippen molar-refractivity contribution in [2.24, 2.45) is 4.99 Å². The third kappa shape index (κ3) is 1.42. The van der Waals surface area contributed by atoms with E-state index in [2.05, 4.69) is 16.1 Å². The Kier molecular flexibility index (Phi) is 3.16. The molecule has 3 heteroatoms. The zero-order valence-corrected chi connectivity index (χ0v) is 4.14. The number of aliphatic imine (C=N–C) groups is 1. The van der Waals surface area contributed by atoms with E-state index in [-0.39, 0.29) is 16.8 Å². The van der Waals surface area contributed by atoms with Crippen LogP contribution in [0.3, 0.4) is 0 Å². The van der Waals surface area contributed by atoms with Crippen LogP contribution in [-0.2, 0) is 21.5 Å². The van der Waals surface area contributed by atoms with Gasteiger partial charge < -0.3 is 9.73 Å². The molecule has 0 saturated carbocycles. The quantitative estimate of drug-likeness (QED) is 0.419. The van der Waals surface area contributed by atoms with Gasteiger partial charge in [-0.3, -0.25) is 0 Å². The molecule has 1 rings (SSSR count). The Morgan fingerprint density at radius 3 is 2.67 bits per heavy atom. The Labute approximate surface area is 46.8 Å². The third-order valence-corrected chi connectivity index (χ3v) is 0.434. The molecular weight excluding hydrogens is 125 g/mol. The molecule has 0 N–H and O–H groups in total. The molecule has 1 aliphatic rings. The van der Waals surface area contributed by atoms with Gasteiger partial charge in [0.25, 0.3) is 0 Å². The number of nitrogens with zero attached hydrogens (tertiary/aromatic N) is 1. The van der Waals surface area contributed by atoms with Crippen molar-refractivity contribution >= 4 is 6.40 Å². The number of ether oxygens (including phenoxy) is 1. The second-order valence-corrected chi connectivity index (χ2v) is 0.821. The molecule has 1 aliphatic heterocycles. The van der Waals surface area contributed by atoms with Gasteiger partial charge in [0.1, 0.15) is 0 Å². The van der Waals surface area contributed by atoms with Crippen molar-refractivity contribution in [2.75, 3.05) is 13.2 Å². The first kappa shape index (κ1) is 5.98. The molecule has 0 atom stereocenters. The Hall–Kier alpha value is -0.0235. The van der Waals surface area contributed by atoms with E-state index in [1.165, 1.54) is 0 Å². The molecule has 0 unspecified atom stereocenters. The van der Waals surface area contributed by atoms with Crippen LogP contribution in [0.5, 0.6) is 0 Å². The molecule has 1 heterocycles. The maximum atomic E-state index is 4.53. The SMILES string of the molecule is [C-]1=NCCO1.[Co]. The van der Waals surface area contributed by atoms with Crippen LogP contribution >= 0.6 is 0 Å². The van der Waals surface area contributed by atoms with Crippen molar-refractivity contribution in [3.63, 3.8) is 0 Å². The summed E-state index contributed by atoms with van der Waals surface area (Å²) in [5.41, 5.74) is 0. The molecule has 6 heavy (non-hydrogen) atoms. The summed E-state index contributed by atoms with van der Waals surface area (Å²) in [4.78, 5) is 3.61. The summed E-state index contributed by atoms with van der Waals surface area (Å²) in [5, 5.41) is 0. The van der Waals surface area contributed by atoms with E-state index in [1.807, 2.05) is 0 Å². The fourth-order valence-electron chi connectivity index (χ4n) is 0.228. The number of rotatable bonds is 0. The fourth-order valence-corrected chi connectivity index (χ4v) is 0.228. The van der Waals surface area contributed by atoms with E-state index in [1.54, 1.807) is 0 Å². The van der Waals surface area contributed by atoms with Gasteiger partial charge in [0.15, 0.2) is 0 Å². The Balaban J connectivity index is 0.000000250. The third-order valence-electron chi connectivity index (χ3n) is 0.434. The van der Waals surface area contributed by atoms with Crippen LogP contribution in [0.4, 0.5) is 0 Å². The molecule has 0 spiro atoms. The molecular formula is C3H4CoNO-. The second kappa shape index (κ2) is 3.18. The summed E-state index contributed by atoms with van der Waals surface area (Å²) >= 11 is 0. The molecule has 0 amide bonds. The zero-order chi connectivity index (χ0) is 3.54. The molecule has 0 aromatic carbocycles. The molecule has 37 valence electrons. The Morgan fingerprint density at radius 2 is 2.50 bits per heavy atom. The normalized spacial score (nSPS) is 16.0. The van der Waals surface area contributed by atoms with Crippen molar-refractivity contribution < 1.29 is 21.5 Å². The van der Waals surface area contributed by atoms with Gasteiger partial charge in [0.2, 0.25) is 0 Å². The van der Waals surface area contributed by atoms with E-state index in [4.69, 9.17) is 0 Å². The van der Waals surface area contributed by atoms with Crippen LogP contribution in [0.25, 0.3) is 0 Å². The summed E-state index contributed by atoms with van der Waals surface area (Å²) in [5.74, 6) is 0.